The van der Waals surface area contributed by atoms with Crippen molar-refractivity contribution >= 4 is 30.1 Å². The van der Waals surface area contributed by atoms with Crippen LogP contribution in [0.2, 0.25) is 0 Å². The molecule has 4 rings (SSSR count). The van der Waals surface area contributed by atoms with Gasteiger partial charge in [0.05, 0.1) is 12.6 Å². The van der Waals surface area contributed by atoms with Crippen molar-refractivity contribution in [2.24, 2.45) is 4.99 Å². The highest BCUT2D eigenvalue weighted by molar-refractivity contribution is 6.18. The van der Waals surface area contributed by atoms with Gasteiger partial charge in [-0.3, -0.25) is 14.8 Å². The maximum atomic E-state index is 13.2. The number of urea groups is 1. The van der Waals surface area contributed by atoms with E-state index in [-0.39, 0.29) is 30.3 Å². The molecule has 2 amide bonds. The highest BCUT2D eigenvalue weighted by Crippen LogP contribution is 2.31. The SMILES string of the molecule is CCCCc1nc2c([nH]1)C1=NC(Cc3ccc(F)cc3)CN1C(=O)N2CCC.Cl. The second-order valence-electron chi connectivity index (χ2n) is 7.47. The largest absolute Gasteiger partial charge is 0.338 e. The number of halogens is 2. The predicted molar refractivity (Wildman–Crippen MR) is 115 cm³/mol. The second kappa shape index (κ2) is 8.95. The van der Waals surface area contributed by atoms with Gasteiger partial charge < -0.3 is 4.98 Å². The van der Waals surface area contributed by atoms with E-state index >= 15 is 0 Å². The zero-order chi connectivity index (χ0) is 19.7. The number of carbonyl (C=O) groups is 1. The average Bonchev–Trinajstić information content (AvgIpc) is 3.29. The monoisotopic (exact) mass is 419 g/mol. The van der Waals surface area contributed by atoms with Crippen LogP contribution in [-0.4, -0.2) is 45.9 Å². The van der Waals surface area contributed by atoms with Crippen LogP contribution in [0.3, 0.4) is 0 Å². The van der Waals surface area contributed by atoms with E-state index in [1.165, 1.54) is 12.1 Å². The Bertz CT molecular complexity index is 895. The molecule has 0 aliphatic carbocycles. The third-order valence-electron chi connectivity index (χ3n) is 5.23. The lowest BCUT2D eigenvalue weighted by atomic mass is 10.1. The summed E-state index contributed by atoms with van der Waals surface area (Å²) in [5.74, 6) is 2.06. The van der Waals surface area contributed by atoms with E-state index in [4.69, 9.17) is 9.98 Å². The Balaban J connectivity index is 0.00000240. The van der Waals surface area contributed by atoms with Crippen LogP contribution in [0.4, 0.5) is 15.0 Å². The van der Waals surface area contributed by atoms with Gasteiger partial charge in [-0.2, -0.15) is 0 Å². The van der Waals surface area contributed by atoms with Gasteiger partial charge in [0.25, 0.3) is 0 Å². The number of nitrogens with zero attached hydrogens (tertiary/aromatic N) is 4. The summed E-state index contributed by atoms with van der Waals surface area (Å²) in [6.45, 7) is 5.38. The third-order valence-corrected chi connectivity index (χ3v) is 5.23. The number of hydrogen-bond acceptors (Lipinski definition) is 3. The standard InChI is InChI=1S/C21H26FN5O.ClH/c1-3-5-6-17-24-18-19-23-16(12-14-7-9-15(22)10-8-14)13-27(19)21(28)26(11-4-2)20(18)25-17;/h7-10,16H,3-6,11-13H2,1-2H3,(H,24,25);1H. The molecule has 0 saturated carbocycles. The Morgan fingerprint density at radius 1 is 1.21 bits per heavy atom. The molecule has 2 aliphatic rings. The number of hydrogen-bond donors (Lipinski definition) is 1. The summed E-state index contributed by atoms with van der Waals surface area (Å²) < 4.78 is 13.2. The zero-order valence-corrected chi connectivity index (χ0v) is 17.6. The third kappa shape index (κ3) is 4.15. The molecule has 8 heteroatoms. The lowest BCUT2D eigenvalue weighted by Gasteiger charge is -2.32. The van der Waals surface area contributed by atoms with E-state index in [0.717, 1.165) is 42.8 Å². The van der Waals surface area contributed by atoms with Crippen molar-refractivity contribution in [3.8, 4) is 0 Å². The molecular weight excluding hydrogens is 393 g/mol. The van der Waals surface area contributed by atoms with Crippen LogP contribution in [0, 0.1) is 5.82 Å². The number of anilines is 1. The molecule has 0 spiro atoms. The molecule has 0 fully saturated rings. The Kier molecular flexibility index (Phi) is 6.57. The van der Waals surface area contributed by atoms with Gasteiger partial charge >= 0.3 is 6.03 Å². The van der Waals surface area contributed by atoms with Gasteiger partial charge in [-0.25, -0.2) is 14.2 Å². The summed E-state index contributed by atoms with van der Waals surface area (Å²) in [7, 11) is 0. The van der Waals surface area contributed by atoms with Crippen LogP contribution in [0.5, 0.6) is 0 Å². The topological polar surface area (TPSA) is 64.6 Å². The summed E-state index contributed by atoms with van der Waals surface area (Å²) >= 11 is 0. The molecule has 156 valence electrons. The fraction of sp³-hybridized carbons (Fsp3) is 0.476. The van der Waals surface area contributed by atoms with Crippen molar-refractivity contribution in [3.63, 3.8) is 0 Å². The molecule has 2 aromatic rings. The molecule has 1 atom stereocenters. The fourth-order valence-corrected chi connectivity index (χ4v) is 3.84. The van der Waals surface area contributed by atoms with E-state index in [1.54, 1.807) is 21.9 Å². The highest BCUT2D eigenvalue weighted by Gasteiger charge is 2.42. The molecule has 1 unspecified atom stereocenters. The number of rotatable bonds is 7. The fourth-order valence-electron chi connectivity index (χ4n) is 3.84. The van der Waals surface area contributed by atoms with Crippen LogP contribution in [0.15, 0.2) is 29.3 Å². The van der Waals surface area contributed by atoms with Crippen molar-refractivity contribution in [2.75, 3.05) is 18.0 Å². The molecule has 29 heavy (non-hydrogen) atoms. The number of aryl methyl sites for hydroxylation is 1. The van der Waals surface area contributed by atoms with Crippen molar-refractivity contribution in [3.05, 3.63) is 47.2 Å². The quantitative estimate of drug-likeness (QED) is 0.725. The van der Waals surface area contributed by atoms with Gasteiger partial charge in [0.2, 0.25) is 0 Å². The number of amidine groups is 1. The number of aliphatic imine (C=N–C) groups is 1. The van der Waals surface area contributed by atoms with Crippen LogP contribution < -0.4 is 4.90 Å². The summed E-state index contributed by atoms with van der Waals surface area (Å²) in [4.78, 5) is 29.6. The van der Waals surface area contributed by atoms with E-state index in [1.807, 2.05) is 0 Å². The molecule has 0 bridgehead atoms. The minimum atomic E-state index is -0.244. The Morgan fingerprint density at radius 2 is 1.97 bits per heavy atom. The second-order valence-corrected chi connectivity index (χ2v) is 7.47. The number of unbranched alkanes of at least 4 members (excludes halogenated alkanes) is 1. The summed E-state index contributed by atoms with van der Waals surface area (Å²) in [5.41, 5.74) is 1.86. The highest BCUT2D eigenvalue weighted by atomic mass is 35.5. The molecule has 1 aromatic heterocycles. The summed E-state index contributed by atoms with van der Waals surface area (Å²) in [6.07, 6.45) is 4.55. The number of aromatic nitrogens is 2. The molecule has 1 aromatic carbocycles. The molecule has 1 N–H and O–H groups in total. The van der Waals surface area contributed by atoms with Gasteiger partial charge in [-0.05, 0) is 37.0 Å². The van der Waals surface area contributed by atoms with Crippen LogP contribution in [0.1, 0.15) is 50.2 Å². The van der Waals surface area contributed by atoms with E-state index < -0.39 is 0 Å². The number of aromatic amines is 1. The maximum Gasteiger partial charge on any atom is 0.331 e. The lowest BCUT2D eigenvalue weighted by Crippen LogP contribution is -2.50. The lowest BCUT2D eigenvalue weighted by molar-refractivity contribution is 0.226. The molecular formula is C21H27ClFN5O. The molecule has 3 heterocycles. The van der Waals surface area contributed by atoms with E-state index in [9.17, 15) is 9.18 Å². The number of benzene rings is 1. The van der Waals surface area contributed by atoms with Crippen molar-refractivity contribution in [1.29, 1.82) is 0 Å². The van der Waals surface area contributed by atoms with E-state index in [2.05, 4.69) is 18.8 Å². The molecule has 0 radical (unpaired) electrons. The maximum absolute atomic E-state index is 13.2. The van der Waals surface area contributed by atoms with Crippen LogP contribution in [0.25, 0.3) is 0 Å². The average molecular weight is 420 g/mol. The summed E-state index contributed by atoms with van der Waals surface area (Å²) in [5, 5.41) is 0. The minimum Gasteiger partial charge on any atom is -0.338 e. The van der Waals surface area contributed by atoms with Gasteiger partial charge in [0.1, 0.15) is 17.3 Å². The smallest absolute Gasteiger partial charge is 0.331 e. The van der Waals surface area contributed by atoms with Gasteiger partial charge in [-0.15, -0.1) is 12.4 Å². The van der Waals surface area contributed by atoms with E-state index in [0.29, 0.717) is 31.2 Å². The van der Waals surface area contributed by atoms with Gasteiger partial charge in [-0.1, -0.05) is 32.4 Å². The van der Waals surface area contributed by atoms with Crippen LogP contribution >= 0.6 is 12.4 Å². The number of amides is 2. The minimum absolute atomic E-state index is 0. The molecule has 6 nitrogen and oxygen atoms in total. The predicted octanol–water partition coefficient (Wildman–Crippen LogP) is 4.34. The van der Waals surface area contributed by atoms with Crippen molar-refractivity contribution in [1.82, 2.24) is 14.9 Å². The summed E-state index contributed by atoms with van der Waals surface area (Å²) in [6, 6.07) is 6.40. The number of imidazole rings is 1. The molecule has 0 saturated heterocycles. The molecule has 2 aliphatic heterocycles. The Hall–Kier alpha value is -2.41. The number of carbonyl (C=O) groups excluding carboxylic acids is 1. The zero-order valence-electron chi connectivity index (χ0n) is 16.8. The first-order valence-corrected chi connectivity index (χ1v) is 10.1. The normalized spacial score (nSPS) is 17.7. The number of nitrogens with one attached hydrogen (secondary N) is 1. The number of fused-ring (bicyclic) bond motifs is 3. The first kappa shape index (κ1) is 21.3. The Labute approximate surface area is 176 Å². The van der Waals surface area contributed by atoms with Crippen molar-refractivity contribution in [2.45, 2.75) is 52.0 Å². The first-order chi connectivity index (χ1) is 13.6. The number of H-pyrrole nitrogens is 1. The van der Waals surface area contributed by atoms with Gasteiger partial charge in [0.15, 0.2) is 11.7 Å². The van der Waals surface area contributed by atoms with Gasteiger partial charge in [0, 0.05) is 13.0 Å². The van der Waals surface area contributed by atoms with Crippen LogP contribution in [-0.2, 0) is 12.8 Å². The van der Waals surface area contributed by atoms with Crippen molar-refractivity contribution < 1.29 is 9.18 Å². The Morgan fingerprint density at radius 3 is 2.66 bits per heavy atom. The first-order valence-electron chi connectivity index (χ1n) is 10.1.